The monoisotopic (exact) mass is 338 g/mol. The first-order valence-corrected chi connectivity index (χ1v) is 8.22. The number of hydrogen-bond donors (Lipinski definition) is 0. The number of rotatable bonds is 2. The maximum absolute atomic E-state index is 9.46. The van der Waals surface area contributed by atoms with Crippen LogP contribution in [0.2, 0.25) is 5.02 Å². The topological polar surface area (TPSA) is 70.6 Å². The van der Waals surface area contributed by atoms with E-state index < -0.39 is 0 Å². The van der Waals surface area contributed by atoms with Gasteiger partial charge in [0, 0.05) is 23.5 Å². The Morgan fingerprint density at radius 1 is 1.21 bits per heavy atom. The average molecular weight is 339 g/mol. The number of fused-ring (bicyclic) bond motifs is 1. The lowest BCUT2D eigenvalue weighted by atomic mass is 10.0. The molecular formula is C17H15ClN6. The molecule has 0 bridgehead atoms. The predicted molar refractivity (Wildman–Crippen MR) is 92.0 cm³/mol. The number of nitriles is 1. The van der Waals surface area contributed by atoms with Crippen LogP contribution in [-0.2, 0) is 0 Å². The van der Waals surface area contributed by atoms with Crippen molar-refractivity contribution < 1.29 is 0 Å². The van der Waals surface area contributed by atoms with Crippen LogP contribution in [0.5, 0.6) is 0 Å². The van der Waals surface area contributed by atoms with E-state index in [0.717, 1.165) is 42.7 Å². The minimum atomic E-state index is 0.374. The fraction of sp³-hybridized carbons (Fsp3) is 0.294. The first kappa shape index (κ1) is 14.9. The van der Waals surface area contributed by atoms with Crippen LogP contribution in [0, 0.1) is 11.3 Å². The number of pyridine rings is 1. The second-order valence-corrected chi connectivity index (χ2v) is 6.33. The van der Waals surface area contributed by atoms with Gasteiger partial charge in [-0.1, -0.05) is 11.6 Å². The summed E-state index contributed by atoms with van der Waals surface area (Å²) < 4.78 is 1.92. The maximum atomic E-state index is 9.46. The van der Waals surface area contributed by atoms with E-state index in [2.05, 4.69) is 21.1 Å². The van der Waals surface area contributed by atoms with Crippen molar-refractivity contribution in [3.8, 4) is 6.07 Å². The van der Waals surface area contributed by atoms with Crippen molar-refractivity contribution in [1.82, 2.24) is 19.7 Å². The highest BCUT2D eigenvalue weighted by atomic mass is 35.5. The minimum Gasteiger partial charge on any atom is -0.356 e. The number of aromatic nitrogens is 4. The second-order valence-electron chi connectivity index (χ2n) is 5.90. The summed E-state index contributed by atoms with van der Waals surface area (Å²) in [7, 11) is 0. The zero-order valence-electron chi connectivity index (χ0n) is 12.9. The SMILES string of the molecule is N#Cc1cc(N2CCC(n3cncn3)CC2)nc2ccc(Cl)cc12. The molecule has 0 radical (unpaired) electrons. The Hall–Kier alpha value is -2.65. The average Bonchev–Trinajstić information content (AvgIpc) is 3.15. The molecule has 120 valence electrons. The zero-order chi connectivity index (χ0) is 16.5. The molecule has 0 amide bonds. The fourth-order valence-corrected chi connectivity index (χ4v) is 3.38. The van der Waals surface area contributed by atoms with Gasteiger partial charge in [-0.3, -0.25) is 0 Å². The van der Waals surface area contributed by atoms with E-state index in [0.29, 0.717) is 16.6 Å². The van der Waals surface area contributed by atoms with Crippen molar-refractivity contribution in [2.45, 2.75) is 18.9 Å². The van der Waals surface area contributed by atoms with Crippen molar-refractivity contribution in [1.29, 1.82) is 5.26 Å². The maximum Gasteiger partial charge on any atom is 0.137 e. The van der Waals surface area contributed by atoms with Gasteiger partial charge in [0.25, 0.3) is 0 Å². The first-order chi connectivity index (χ1) is 11.7. The highest BCUT2D eigenvalue weighted by Crippen LogP contribution is 2.29. The number of hydrogen-bond acceptors (Lipinski definition) is 5. The summed E-state index contributed by atoms with van der Waals surface area (Å²) in [6, 6.07) is 9.95. The first-order valence-electron chi connectivity index (χ1n) is 7.84. The van der Waals surface area contributed by atoms with E-state index in [-0.39, 0.29) is 0 Å². The molecule has 3 aromatic rings. The van der Waals surface area contributed by atoms with Gasteiger partial charge in [0.15, 0.2) is 0 Å². The van der Waals surface area contributed by atoms with Gasteiger partial charge in [-0.15, -0.1) is 0 Å². The summed E-state index contributed by atoms with van der Waals surface area (Å²) in [5.74, 6) is 0.846. The van der Waals surface area contributed by atoms with Gasteiger partial charge in [0.1, 0.15) is 18.5 Å². The lowest BCUT2D eigenvalue weighted by Gasteiger charge is -2.32. The third kappa shape index (κ3) is 2.68. The largest absolute Gasteiger partial charge is 0.356 e. The molecule has 1 aliphatic heterocycles. The Labute approximate surface area is 144 Å². The van der Waals surface area contributed by atoms with Crippen LogP contribution in [0.15, 0.2) is 36.9 Å². The summed E-state index contributed by atoms with van der Waals surface area (Å²) in [5, 5.41) is 15.1. The fourth-order valence-electron chi connectivity index (χ4n) is 3.20. The van der Waals surface area contributed by atoms with Crippen molar-refractivity contribution in [2.24, 2.45) is 0 Å². The second kappa shape index (κ2) is 6.10. The molecule has 2 aromatic heterocycles. The molecule has 0 aliphatic carbocycles. The van der Waals surface area contributed by atoms with Crippen LogP contribution in [-0.4, -0.2) is 32.8 Å². The molecule has 3 heterocycles. The summed E-state index contributed by atoms with van der Waals surface area (Å²) in [4.78, 5) is 11.0. The number of halogens is 1. The van der Waals surface area contributed by atoms with Crippen molar-refractivity contribution in [3.63, 3.8) is 0 Å². The summed E-state index contributed by atoms with van der Waals surface area (Å²) in [6.07, 6.45) is 5.30. The molecule has 0 unspecified atom stereocenters. The van der Waals surface area contributed by atoms with E-state index in [1.165, 1.54) is 0 Å². The lowest BCUT2D eigenvalue weighted by molar-refractivity contribution is 0.365. The number of piperidine rings is 1. The molecule has 7 heteroatoms. The molecular weight excluding hydrogens is 324 g/mol. The Morgan fingerprint density at radius 3 is 2.75 bits per heavy atom. The molecule has 1 fully saturated rings. The van der Waals surface area contributed by atoms with Gasteiger partial charge < -0.3 is 4.90 Å². The van der Waals surface area contributed by atoms with Crippen LogP contribution in [0.4, 0.5) is 5.82 Å². The highest BCUT2D eigenvalue weighted by Gasteiger charge is 2.22. The minimum absolute atomic E-state index is 0.374. The van der Waals surface area contributed by atoms with E-state index in [1.54, 1.807) is 24.8 Å². The molecule has 24 heavy (non-hydrogen) atoms. The third-order valence-electron chi connectivity index (χ3n) is 4.48. The summed E-state index contributed by atoms with van der Waals surface area (Å²) >= 11 is 6.04. The molecule has 0 saturated carbocycles. The van der Waals surface area contributed by atoms with Crippen LogP contribution < -0.4 is 4.90 Å². The smallest absolute Gasteiger partial charge is 0.137 e. The van der Waals surface area contributed by atoms with E-state index in [1.807, 2.05) is 16.8 Å². The Morgan fingerprint density at radius 2 is 2.04 bits per heavy atom. The Balaban J connectivity index is 1.61. The molecule has 0 N–H and O–H groups in total. The van der Waals surface area contributed by atoms with Crippen molar-refractivity contribution in [2.75, 3.05) is 18.0 Å². The van der Waals surface area contributed by atoms with E-state index in [4.69, 9.17) is 16.6 Å². The van der Waals surface area contributed by atoms with Gasteiger partial charge in [0.05, 0.1) is 23.2 Å². The quantitative estimate of drug-likeness (QED) is 0.717. The van der Waals surface area contributed by atoms with Crippen molar-refractivity contribution in [3.05, 3.63) is 47.5 Å². The lowest BCUT2D eigenvalue weighted by Crippen LogP contribution is -2.35. The van der Waals surface area contributed by atoms with Crippen LogP contribution in [0.25, 0.3) is 10.9 Å². The van der Waals surface area contributed by atoms with Crippen LogP contribution in [0.1, 0.15) is 24.4 Å². The highest BCUT2D eigenvalue weighted by molar-refractivity contribution is 6.31. The molecule has 0 spiro atoms. The van der Waals surface area contributed by atoms with Crippen molar-refractivity contribution >= 4 is 28.3 Å². The molecule has 4 rings (SSSR count). The Kier molecular flexibility index (Phi) is 3.79. The summed E-state index contributed by atoms with van der Waals surface area (Å²) in [5.41, 5.74) is 1.41. The predicted octanol–water partition coefficient (Wildman–Crippen LogP) is 3.19. The molecule has 0 atom stereocenters. The molecule has 1 aromatic carbocycles. The van der Waals surface area contributed by atoms with Crippen LogP contribution in [0.3, 0.4) is 0 Å². The molecule has 1 aliphatic rings. The molecule has 6 nitrogen and oxygen atoms in total. The zero-order valence-corrected chi connectivity index (χ0v) is 13.7. The van der Waals surface area contributed by atoms with Gasteiger partial charge in [0.2, 0.25) is 0 Å². The van der Waals surface area contributed by atoms with Gasteiger partial charge >= 0.3 is 0 Å². The number of anilines is 1. The third-order valence-corrected chi connectivity index (χ3v) is 4.71. The van der Waals surface area contributed by atoms with E-state index in [9.17, 15) is 5.26 Å². The van der Waals surface area contributed by atoms with Crippen LogP contribution >= 0.6 is 11.6 Å². The Bertz CT molecular complexity index is 907. The normalized spacial score (nSPS) is 15.6. The van der Waals surface area contributed by atoms with Gasteiger partial charge in [-0.25, -0.2) is 14.6 Å². The van der Waals surface area contributed by atoms with E-state index >= 15 is 0 Å². The van der Waals surface area contributed by atoms with Gasteiger partial charge in [-0.05, 0) is 37.1 Å². The standard InChI is InChI=1S/C17H15ClN6/c18-13-1-2-16-15(8-13)12(9-19)7-17(22-16)23-5-3-14(4-6-23)24-11-20-10-21-24/h1-2,7-8,10-11,14H,3-6H2. The number of nitrogens with zero attached hydrogens (tertiary/aromatic N) is 6. The molecule has 1 saturated heterocycles. The summed E-state index contributed by atoms with van der Waals surface area (Å²) in [6.45, 7) is 1.75. The van der Waals surface area contributed by atoms with Gasteiger partial charge in [-0.2, -0.15) is 10.4 Å². The number of benzene rings is 1.